The molecule has 5 atom stereocenters. The molecular formula is C48H83NO7. The number of nitrogens with one attached hydrogen (secondary N) is 1. The molecule has 1 saturated heterocycles. The smallest absolute Gasteiger partial charge is 0.305 e. The number of carbonyl (C=O) groups excluding carboxylic acids is 2. The number of allylic oxidation sites excluding steroid dienone is 1. The van der Waals surface area contributed by atoms with Gasteiger partial charge >= 0.3 is 5.97 Å². The zero-order valence-corrected chi connectivity index (χ0v) is 36.0. The van der Waals surface area contributed by atoms with E-state index in [9.17, 15) is 14.7 Å². The number of carbonyl (C=O) groups is 2. The first kappa shape index (κ1) is 49.7. The highest BCUT2D eigenvalue weighted by atomic mass is 16.7. The third-order valence-electron chi connectivity index (χ3n) is 11.0. The molecule has 0 radical (unpaired) electrons. The Kier molecular flexibility index (Phi) is 30.7. The molecule has 8 nitrogen and oxygen atoms in total. The van der Waals surface area contributed by atoms with Crippen LogP contribution < -0.4 is 5.32 Å². The van der Waals surface area contributed by atoms with Crippen LogP contribution in [-0.2, 0) is 35.1 Å². The minimum Gasteiger partial charge on any atom is -0.471 e. The zero-order chi connectivity index (χ0) is 40.3. The Hall–Kier alpha value is -2.42. The summed E-state index contributed by atoms with van der Waals surface area (Å²) in [6.07, 6.45) is 32.5. The Morgan fingerprint density at radius 2 is 1.14 bits per heavy atom. The van der Waals surface area contributed by atoms with Crippen molar-refractivity contribution in [3.05, 3.63) is 48.2 Å². The third-order valence-corrected chi connectivity index (χ3v) is 11.0. The summed E-state index contributed by atoms with van der Waals surface area (Å²) in [7, 11) is 0. The van der Waals surface area contributed by atoms with Crippen LogP contribution in [0.5, 0.6) is 0 Å². The number of hydrogen-bond acceptors (Lipinski definition) is 7. The number of esters is 1. The summed E-state index contributed by atoms with van der Waals surface area (Å²) in [6.45, 7) is 6.46. The maximum Gasteiger partial charge on any atom is 0.305 e. The van der Waals surface area contributed by atoms with E-state index in [1.165, 1.54) is 135 Å². The lowest BCUT2D eigenvalue weighted by Crippen LogP contribution is -2.65. The Bertz CT molecular complexity index is 1100. The third kappa shape index (κ3) is 24.4. The van der Waals surface area contributed by atoms with Crippen molar-refractivity contribution in [3.8, 4) is 0 Å². The van der Waals surface area contributed by atoms with E-state index in [1.807, 2.05) is 37.3 Å². The first-order valence-corrected chi connectivity index (χ1v) is 23.2. The van der Waals surface area contributed by atoms with Gasteiger partial charge in [0.15, 0.2) is 0 Å². The Morgan fingerprint density at radius 1 is 0.679 bits per heavy atom. The van der Waals surface area contributed by atoms with Crippen molar-refractivity contribution >= 4 is 11.9 Å². The van der Waals surface area contributed by atoms with Gasteiger partial charge < -0.3 is 29.4 Å². The number of aliphatic hydroxyl groups is 1. The predicted octanol–water partition coefficient (Wildman–Crippen LogP) is 12.2. The molecule has 0 bridgehead atoms. The number of benzene rings is 1. The quantitative estimate of drug-likeness (QED) is 0.0397. The van der Waals surface area contributed by atoms with Crippen molar-refractivity contribution in [3.63, 3.8) is 0 Å². The monoisotopic (exact) mass is 786 g/mol. The number of aliphatic hydroxyl groups excluding tert-OH is 1. The van der Waals surface area contributed by atoms with Gasteiger partial charge in [-0.2, -0.15) is 0 Å². The molecule has 0 spiro atoms. The summed E-state index contributed by atoms with van der Waals surface area (Å²) in [5, 5.41) is 14.7. The van der Waals surface area contributed by atoms with Gasteiger partial charge in [-0.1, -0.05) is 204 Å². The minimum absolute atomic E-state index is 0.126. The molecule has 0 aromatic heterocycles. The molecule has 1 heterocycles. The Balaban J connectivity index is 1.79. The lowest BCUT2D eigenvalue weighted by molar-refractivity contribution is -0.266. The van der Waals surface area contributed by atoms with Gasteiger partial charge in [-0.25, -0.2) is 0 Å². The van der Waals surface area contributed by atoms with E-state index in [-0.39, 0.29) is 25.1 Å². The number of unbranched alkanes of at least 4 members (excludes halogenated alkanes) is 24. The van der Waals surface area contributed by atoms with Crippen LogP contribution in [0.25, 0.3) is 0 Å². The molecule has 1 amide bonds. The highest BCUT2D eigenvalue weighted by Crippen LogP contribution is 2.27. The fourth-order valence-electron chi connectivity index (χ4n) is 7.54. The van der Waals surface area contributed by atoms with Gasteiger partial charge in [-0.15, -0.1) is 0 Å². The van der Waals surface area contributed by atoms with Crippen molar-refractivity contribution in [1.29, 1.82) is 0 Å². The van der Waals surface area contributed by atoms with Crippen LogP contribution >= 0.6 is 0 Å². The number of hydrogen-bond donors (Lipinski definition) is 2. The van der Waals surface area contributed by atoms with Crippen LogP contribution in [0.15, 0.2) is 42.7 Å². The van der Waals surface area contributed by atoms with E-state index >= 15 is 0 Å². The van der Waals surface area contributed by atoms with Crippen LogP contribution in [0.3, 0.4) is 0 Å². The van der Waals surface area contributed by atoms with Gasteiger partial charge in [0, 0.05) is 12.8 Å². The van der Waals surface area contributed by atoms with Gasteiger partial charge in [0.1, 0.15) is 31.0 Å². The summed E-state index contributed by atoms with van der Waals surface area (Å²) in [4.78, 5) is 26.0. The second-order valence-electron chi connectivity index (χ2n) is 16.2. The van der Waals surface area contributed by atoms with Crippen LogP contribution in [0.1, 0.15) is 206 Å². The first-order valence-electron chi connectivity index (χ1n) is 23.2. The van der Waals surface area contributed by atoms with E-state index in [4.69, 9.17) is 18.9 Å². The number of rotatable bonds is 36. The molecule has 0 saturated carbocycles. The first-order chi connectivity index (χ1) is 27.5. The van der Waals surface area contributed by atoms with Crippen LogP contribution in [-0.4, -0.2) is 54.2 Å². The van der Waals surface area contributed by atoms with Gasteiger partial charge in [-0.3, -0.25) is 9.59 Å². The second kappa shape index (κ2) is 34.6. The molecule has 1 fully saturated rings. The van der Waals surface area contributed by atoms with Gasteiger partial charge in [0.2, 0.25) is 12.2 Å². The SMILES string of the molecule is CC=CO[C@H]1O[C@H](COC(=O)CCCCCCCCCCCCCCC)[C@@H](O)[C@H](OCc2ccccc2)[C@@H]1NC(=O)CCCCCCCCCCCCCCC. The van der Waals surface area contributed by atoms with Crippen molar-refractivity contribution in [2.75, 3.05) is 6.61 Å². The van der Waals surface area contributed by atoms with Crippen LogP contribution in [0.4, 0.5) is 0 Å². The van der Waals surface area contributed by atoms with Crippen LogP contribution in [0.2, 0.25) is 0 Å². The molecule has 8 heteroatoms. The lowest BCUT2D eigenvalue weighted by Gasteiger charge is -2.44. The minimum atomic E-state index is -1.16. The normalized spacial score (nSPS) is 19.7. The Morgan fingerprint density at radius 3 is 1.62 bits per heavy atom. The maximum absolute atomic E-state index is 13.3. The fourth-order valence-corrected chi connectivity index (χ4v) is 7.54. The van der Waals surface area contributed by atoms with E-state index in [0.29, 0.717) is 12.8 Å². The summed E-state index contributed by atoms with van der Waals surface area (Å²) in [5.41, 5.74) is 0.940. The summed E-state index contributed by atoms with van der Waals surface area (Å²) >= 11 is 0. The molecular weight excluding hydrogens is 703 g/mol. The highest BCUT2D eigenvalue weighted by molar-refractivity contribution is 5.76. The van der Waals surface area contributed by atoms with Crippen LogP contribution in [0, 0.1) is 0 Å². The molecule has 56 heavy (non-hydrogen) atoms. The molecule has 1 aromatic carbocycles. The van der Waals surface area contributed by atoms with E-state index in [1.54, 1.807) is 6.08 Å². The number of ether oxygens (including phenoxy) is 4. The van der Waals surface area contributed by atoms with Gasteiger partial charge in [-0.05, 0) is 25.3 Å². The summed E-state index contributed by atoms with van der Waals surface area (Å²) in [6, 6.07) is 8.96. The van der Waals surface area contributed by atoms with E-state index in [0.717, 1.165) is 44.1 Å². The molecule has 2 rings (SSSR count). The van der Waals surface area contributed by atoms with Crippen molar-refractivity contribution in [2.24, 2.45) is 0 Å². The average molecular weight is 786 g/mol. The zero-order valence-electron chi connectivity index (χ0n) is 36.0. The molecule has 2 N–H and O–H groups in total. The average Bonchev–Trinajstić information content (AvgIpc) is 3.20. The highest BCUT2D eigenvalue weighted by Gasteiger charge is 2.48. The molecule has 0 aliphatic carbocycles. The molecule has 1 aliphatic rings. The van der Waals surface area contributed by atoms with E-state index in [2.05, 4.69) is 19.2 Å². The molecule has 1 aliphatic heterocycles. The van der Waals surface area contributed by atoms with Gasteiger partial charge in [0.05, 0.1) is 12.9 Å². The van der Waals surface area contributed by atoms with E-state index < -0.39 is 30.6 Å². The summed E-state index contributed by atoms with van der Waals surface area (Å²) < 4.78 is 24.1. The molecule has 1 aromatic rings. The lowest BCUT2D eigenvalue weighted by atomic mass is 9.96. The standard InChI is InChI=1S/C48H83NO7/c1-4-7-9-11-13-15-17-19-21-23-25-27-32-36-43(50)49-45-47(55-39-41-34-30-29-31-35-41)46(52)42(56-48(45)53-38-6-3)40-54-44(51)37-33-28-26-24-22-20-18-16-14-12-10-8-5-2/h6,29-31,34-35,38,42,45-48,52H,4-5,7-28,32-33,36-37,39-40H2,1-3H3,(H,49,50)/t42-,45+,46-,47-,48+/m1/s1. The van der Waals surface area contributed by atoms with Gasteiger partial charge in [0.25, 0.3) is 0 Å². The summed E-state index contributed by atoms with van der Waals surface area (Å²) in [5.74, 6) is -0.427. The topological polar surface area (TPSA) is 103 Å². The largest absolute Gasteiger partial charge is 0.471 e. The number of amides is 1. The van der Waals surface area contributed by atoms with Crippen molar-refractivity contribution in [2.45, 2.75) is 238 Å². The Labute approximate surface area is 342 Å². The maximum atomic E-state index is 13.3. The predicted molar refractivity (Wildman–Crippen MR) is 229 cm³/mol. The van der Waals surface area contributed by atoms with Crippen molar-refractivity contribution in [1.82, 2.24) is 5.32 Å². The second-order valence-corrected chi connectivity index (χ2v) is 16.2. The fraction of sp³-hybridized carbons (Fsp3) is 0.792. The molecule has 322 valence electrons. The molecule has 0 unspecified atom stereocenters. The van der Waals surface area contributed by atoms with Crippen molar-refractivity contribution < 1.29 is 33.6 Å².